The van der Waals surface area contributed by atoms with Gasteiger partial charge in [-0.15, -0.1) is 0 Å². The lowest BCUT2D eigenvalue weighted by molar-refractivity contribution is 0.0388. The van der Waals surface area contributed by atoms with Crippen molar-refractivity contribution in [3.8, 4) is 28.6 Å². The van der Waals surface area contributed by atoms with E-state index < -0.39 is 24.0 Å². The normalized spacial score (nSPS) is 15.7. The monoisotopic (exact) mass is 647 g/mol. The van der Waals surface area contributed by atoms with Gasteiger partial charge in [-0.3, -0.25) is 4.79 Å². The van der Waals surface area contributed by atoms with Crippen LogP contribution in [0.25, 0.3) is 11.4 Å². The number of carboxylic acid groups (broad SMARTS) is 1. The number of rotatable bonds is 8. The molecule has 1 fully saturated rings. The first kappa shape index (κ1) is 30.9. The van der Waals surface area contributed by atoms with Crippen LogP contribution in [0, 0.1) is 5.95 Å². The number of aromatic nitrogens is 2. The van der Waals surface area contributed by atoms with Crippen LogP contribution in [0.1, 0.15) is 21.5 Å². The minimum absolute atomic E-state index is 0.0217. The number of hydrogen-bond donors (Lipinski definition) is 1. The zero-order chi connectivity index (χ0) is 32.4. The van der Waals surface area contributed by atoms with Gasteiger partial charge in [0.1, 0.15) is 40.2 Å². The quantitative estimate of drug-likeness (QED) is 0.252. The van der Waals surface area contributed by atoms with Gasteiger partial charge in [-0.2, -0.15) is 4.39 Å². The Bertz CT molecular complexity index is 1710. The molecule has 11 nitrogen and oxygen atoms in total. The lowest BCUT2D eigenvalue weighted by atomic mass is 10.1. The number of hydrogen-bond acceptors (Lipinski definition) is 8. The lowest BCUT2D eigenvalue weighted by Gasteiger charge is -2.38. The molecular formula is C33H31ClFN5O6. The van der Waals surface area contributed by atoms with Crippen molar-refractivity contribution < 1.29 is 33.3 Å². The molecule has 13 heteroatoms. The highest BCUT2D eigenvalue weighted by Crippen LogP contribution is 2.40. The molecule has 2 aliphatic heterocycles. The largest absolute Gasteiger partial charge is 0.497 e. The third-order valence-electron chi connectivity index (χ3n) is 8.06. The van der Waals surface area contributed by atoms with E-state index in [4.69, 9.17) is 30.8 Å². The molecule has 0 bridgehead atoms. The molecule has 2 aliphatic rings. The van der Waals surface area contributed by atoms with Crippen LogP contribution in [0.15, 0.2) is 66.7 Å². The Labute approximate surface area is 269 Å². The second kappa shape index (κ2) is 13.1. The first-order chi connectivity index (χ1) is 22.2. The molecule has 238 valence electrons. The van der Waals surface area contributed by atoms with Gasteiger partial charge in [0.15, 0.2) is 5.75 Å². The van der Waals surface area contributed by atoms with E-state index in [1.807, 2.05) is 54.6 Å². The van der Waals surface area contributed by atoms with Gasteiger partial charge in [0.2, 0.25) is 5.95 Å². The number of carbonyl (C=O) groups is 2. The molecule has 0 aliphatic carbocycles. The Morgan fingerprint density at radius 3 is 2.22 bits per heavy atom. The van der Waals surface area contributed by atoms with Gasteiger partial charge in [-0.05, 0) is 47.5 Å². The predicted molar refractivity (Wildman–Crippen MR) is 168 cm³/mol. The van der Waals surface area contributed by atoms with Crippen LogP contribution in [0.4, 0.5) is 15.0 Å². The summed E-state index contributed by atoms with van der Waals surface area (Å²) in [5.74, 6) is 0.250. The summed E-state index contributed by atoms with van der Waals surface area (Å²) in [5, 5.41) is 9.37. The number of carbonyl (C=O) groups excluding carboxylic acids is 1. The van der Waals surface area contributed by atoms with Gasteiger partial charge < -0.3 is 34.0 Å². The van der Waals surface area contributed by atoms with E-state index in [2.05, 4.69) is 9.88 Å². The Hall–Kier alpha value is -5.10. The molecule has 46 heavy (non-hydrogen) atoms. The summed E-state index contributed by atoms with van der Waals surface area (Å²) in [6, 6.07) is 20.1. The third-order valence-corrected chi connectivity index (χ3v) is 8.42. The van der Waals surface area contributed by atoms with Gasteiger partial charge >= 0.3 is 6.09 Å². The summed E-state index contributed by atoms with van der Waals surface area (Å²) in [6.45, 7) is 1.17. The molecule has 0 unspecified atom stereocenters. The second-order valence-corrected chi connectivity index (χ2v) is 11.3. The Balaban J connectivity index is 1.34. The standard InChI is InChI=1S/C33H31ClFN5O6/c1-44-23-10-6-20(7-11-23)16-39(17-21-8-12-24(45-2)13-9-21)26-5-3-4-25(36-26)29-28(34)30-27(31(35)37-29)32(41)40-15-14-38(33(42)43)18-22(40)19-46-30/h3-13,22H,14-19H2,1-2H3,(H,42,43)/t22-/m1/s1. The Morgan fingerprint density at radius 1 is 1.00 bits per heavy atom. The number of pyridine rings is 2. The van der Waals surface area contributed by atoms with Crippen molar-refractivity contribution in [3.63, 3.8) is 0 Å². The van der Waals surface area contributed by atoms with Crippen molar-refractivity contribution in [2.45, 2.75) is 19.1 Å². The molecule has 6 rings (SSSR count). The smallest absolute Gasteiger partial charge is 0.407 e. The highest BCUT2D eigenvalue weighted by Gasteiger charge is 2.40. The molecule has 0 radical (unpaired) electrons. The fraction of sp³-hybridized carbons (Fsp3) is 0.273. The van der Waals surface area contributed by atoms with E-state index in [0.29, 0.717) is 18.9 Å². The molecule has 2 amide bonds. The minimum atomic E-state index is -1.10. The lowest BCUT2D eigenvalue weighted by Crippen LogP contribution is -2.57. The molecule has 0 saturated carbocycles. The molecule has 0 spiro atoms. The van der Waals surface area contributed by atoms with E-state index in [1.165, 1.54) is 9.80 Å². The van der Waals surface area contributed by atoms with E-state index in [9.17, 15) is 14.7 Å². The van der Waals surface area contributed by atoms with Gasteiger partial charge in [-0.1, -0.05) is 41.9 Å². The maximum absolute atomic E-state index is 15.7. The predicted octanol–water partition coefficient (Wildman–Crippen LogP) is 5.36. The number of methoxy groups -OCH3 is 2. The number of nitrogens with zero attached hydrogens (tertiary/aromatic N) is 5. The van der Waals surface area contributed by atoms with Crippen LogP contribution in [0.3, 0.4) is 0 Å². The second-order valence-electron chi connectivity index (χ2n) is 10.9. The van der Waals surface area contributed by atoms with Crippen LogP contribution >= 0.6 is 11.6 Å². The van der Waals surface area contributed by atoms with Gasteiger partial charge in [-0.25, -0.2) is 14.8 Å². The maximum atomic E-state index is 15.7. The van der Waals surface area contributed by atoms with E-state index in [-0.39, 0.29) is 54.0 Å². The SMILES string of the molecule is COc1ccc(CN(Cc2ccc(OC)cc2)c2cccc(-c3nc(F)c4c(c3Cl)OC[C@H]3CN(C(=O)O)CCN3C4=O)n2)cc1. The summed E-state index contributed by atoms with van der Waals surface area (Å²) in [5.41, 5.74) is 1.95. The fourth-order valence-corrected chi connectivity index (χ4v) is 5.91. The summed E-state index contributed by atoms with van der Waals surface area (Å²) < 4.78 is 32.2. The van der Waals surface area contributed by atoms with Crippen molar-refractivity contribution >= 4 is 29.4 Å². The average molecular weight is 648 g/mol. The summed E-state index contributed by atoms with van der Waals surface area (Å²) >= 11 is 6.79. The Kier molecular flexibility index (Phi) is 8.80. The number of amides is 2. The van der Waals surface area contributed by atoms with E-state index in [1.54, 1.807) is 26.4 Å². The number of piperazine rings is 1. The maximum Gasteiger partial charge on any atom is 0.407 e. The molecule has 2 aromatic carbocycles. The number of ether oxygens (including phenoxy) is 3. The van der Waals surface area contributed by atoms with E-state index in [0.717, 1.165) is 22.6 Å². The molecular weight excluding hydrogens is 617 g/mol. The van der Waals surface area contributed by atoms with Crippen LogP contribution in [0.5, 0.6) is 17.2 Å². The number of halogens is 2. The zero-order valence-electron chi connectivity index (χ0n) is 25.2. The van der Waals surface area contributed by atoms with Gasteiger partial charge in [0.25, 0.3) is 5.91 Å². The van der Waals surface area contributed by atoms with Crippen LogP contribution in [0.2, 0.25) is 5.02 Å². The van der Waals surface area contributed by atoms with Crippen molar-refractivity contribution in [2.75, 3.05) is 45.4 Å². The molecule has 1 atom stereocenters. The summed E-state index contributed by atoms with van der Waals surface area (Å²) in [6.07, 6.45) is -1.10. The summed E-state index contributed by atoms with van der Waals surface area (Å²) in [4.78, 5) is 38.6. The van der Waals surface area contributed by atoms with Crippen molar-refractivity contribution in [3.05, 3.63) is 94.4 Å². The summed E-state index contributed by atoms with van der Waals surface area (Å²) in [7, 11) is 3.23. The molecule has 1 saturated heterocycles. The topological polar surface area (TPSA) is 118 Å². The van der Waals surface area contributed by atoms with Crippen molar-refractivity contribution in [2.24, 2.45) is 0 Å². The minimum Gasteiger partial charge on any atom is -0.497 e. The molecule has 1 N–H and O–H groups in total. The molecule has 2 aromatic heterocycles. The third kappa shape index (κ3) is 6.20. The average Bonchev–Trinajstić information content (AvgIpc) is 3.23. The number of anilines is 1. The van der Waals surface area contributed by atoms with Crippen molar-refractivity contribution in [1.82, 2.24) is 19.8 Å². The van der Waals surface area contributed by atoms with Crippen LogP contribution < -0.4 is 19.1 Å². The highest BCUT2D eigenvalue weighted by molar-refractivity contribution is 6.35. The van der Waals surface area contributed by atoms with Crippen LogP contribution in [-0.2, 0) is 13.1 Å². The zero-order valence-corrected chi connectivity index (χ0v) is 25.9. The first-order valence-corrected chi connectivity index (χ1v) is 14.9. The van der Waals surface area contributed by atoms with E-state index >= 15 is 4.39 Å². The fourth-order valence-electron chi connectivity index (χ4n) is 5.62. The first-order valence-electron chi connectivity index (χ1n) is 14.5. The molecule has 4 aromatic rings. The number of fused-ring (bicyclic) bond motifs is 2. The molecule has 4 heterocycles. The highest BCUT2D eigenvalue weighted by atomic mass is 35.5. The van der Waals surface area contributed by atoms with Gasteiger partial charge in [0, 0.05) is 32.7 Å². The van der Waals surface area contributed by atoms with Crippen LogP contribution in [-0.4, -0.2) is 83.4 Å². The van der Waals surface area contributed by atoms with Gasteiger partial charge in [0.05, 0.1) is 26.0 Å². The number of benzene rings is 2. The Morgan fingerprint density at radius 2 is 1.63 bits per heavy atom. The van der Waals surface area contributed by atoms with Crippen molar-refractivity contribution in [1.29, 1.82) is 0 Å².